The maximum absolute atomic E-state index is 5.92. The van der Waals surface area contributed by atoms with Crippen molar-refractivity contribution in [3.8, 4) is 5.75 Å². The SMILES string of the molecule is CCCCCCc1ccc(OCCNc2ncnc(C)c2C)c(C)c1.Cl. The fraction of sp³-hybridized carbons (Fsp3) is 0.524. The Labute approximate surface area is 164 Å². The lowest BCUT2D eigenvalue weighted by Crippen LogP contribution is -2.14. The molecule has 0 aliphatic carbocycles. The van der Waals surface area contributed by atoms with Crippen LogP contribution in [0.3, 0.4) is 0 Å². The number of hydrogen-bond acceptors (Lipinski definition) is 4. The molecule has 5 heteroatoms. The maximum Gasteiger partial charge on any atom is 0.132 e. The van der Waals surface area contributed by atoms with E-state index in [1.807, 2.05) is 13.8 Å². The second kappa shape index (κ2) is 11.7. The number of nitrogens with one attached hydrogen (secondary N) is 1. The molecule has 4 nitrogen and oxygen atoms in total. The standard InChI is InChI=1S/C21H31N3O.ClH/c1-5-6-7-8-9-19-10-11-20(16(2)14-19)25-13-12-22-21-17(3)18(4)23-15-24-21;/h10-11,14-15H,5-9,12-13H2,1-4H3,(H,22,23,24);1H. The van der Waals surface area contributed by atoms with Crippen LogP contribution in [0.5, 0.6) is 5.75 Å². The van der Waals surface area contributed by atoms with E-state index in [2.05, 4.69) is 47.3 Å². The molecule has 144 valence electrons. The lowest BCUT2D eigenvalue weighted by molar-refractivity contribution is 0.330. The second-order valence-corrected chi connectivity index (χ2v) is 6.62. The van der Waals surface area contributed by atoms with E-state index in [0.717, 1.165) is 35.8 Å². The Morgan fingerprint density at radius 3 is 2.58 bits per heavy atom. The Bertz CT molecular complexity index is 676. The molecule has 0 unspecified atom stereocenters. The largest absolute Gasteiger partial charge is 0.491 e. The molecule has 0 amide bonds. The molecule has 0 radical (unpaired) electrons. The normalized spacial score (nSPS) is 10.3. The molecule has 2 rings (SSSR count). The second-order valence-electron chi connectivity index (χ2n) is 6.62. The van der Waals surface area contributed by atoms with Crippen molar-refractivity contribution in [1.82, 2.24) is 9.97 Å². The lowest BCUT2D eigenvalue weighted by atomic mass is 10.0. The molecule has 2 aromatic rings. The summed E-state index contributed by atoms with van der Waals surface area (Å²) in [5, 5.41) is 3.32. The smallest absolute Gasteiger partial charge is 0.132 e. The molecule has 26 heavy (non-hydrogen) atoms. The van der Waals surface area contributed by atoms with E-state index in [9.17, 15) is 0 Å². The van der Waals surface area contributed by atoms with Gasteiger partial charge in [-0.05, 0) is 50.8 Å². The van der Waals surface area contributed by atoms with Crippen molar-refractivity contribution in [2.24, 2.45) is 0 Å². The van der Waals surface area contributed by atoms with Gasteiger partial charge in [0, 0.05) is 11.3 Å². The zero-order chi connectivity index (χ0) is 18.1. The third kappa shape index (κ3) is 6.83. The zero-order valence-corrected chi connectivity index (χ0v) is 17.3. The van der Waals surface area contributed by atoms with Gasteiger partial charge in [-0.1, -0.05) is 38.3 Å². The number of benzene rings is 1. The molecule has 0 fully saturated rings. The topological polar surface area (TPSA) is 47.0 Å². The van der Waals surface area contributed by atoms with Crippen molar-refractivity contribution < 1.29 is 4.74 Å². The number of hydrogen-bond donors (Lipinski definition) is 1. The van der Waals surface area contributed by atoms with Gasteiger partial charge in [-0.2, -0.15) is 0 Å². The van der Waals surface area contributed by atoms with Crippen LogP contribution in [0.2, 0.25) is 0 Å². The van der Waals surface area contributed by atoms with Gasteiger partial charge in [-0.3, -0.25) is 0 Å². The Morgan fingerprint density at radius 1 is 1.04 bits per heavy atom. The van der Waals surface area contributed by atoms with Gasteiger partial charge in [0.05, 0.1) is 6.54 Å². The molecule has 0 spiro atoms. The van der Waals surface area contributed by atoms with Crippen LogP contribution in [0.1, 0.15) is 55.0 Å². The summed E-state index contributed by atoms with van der Waals surface area (Å²) < 4.78 is 5.92. The van der Waals surface area contributed by atoms with E-state index in [0.29, 0.717) is 6.61 Å². The van der Waals surface area contributed by atoms with Gasteiger partial charge in [-0.15, -0.1) is 12.4 Å². The van der Waals surface area contributed by atoms with Crippen LogP contribution >= 0.6 is 12.4 Å². The lowest BCUT2D eigenvalue weighted by Gasteiger charge is -2.13. The fourth-order valence-corrected chi connectivity index (χ4v) is 2.83. The Hall–Kier alpha value is -1.81. The van der Waals surface area contributed by atoms with Gasteiger partial charge in [0.2, 0.25) is 0 Å². The van der Waals surface area contributed by atoms with Crippen molar-refractivity contribution in [2.75, 3.05) is 18.5 Å². The molecular formula is C21H32ClN3O. The molecule has 1 heterocycles. The van der Waals surface area contributed by atoms with Gasteiger partial charge in [0.15, 0.2) is 0 Å². The third-order valence-electron chi connectivity index (χ3n) is 4.55. The van der Waals surface area contributed by atoms with E-state index >= 15 is 0 Å². The van der Waals surface area contributed by atoms with Crippen molar-refractivity contribution in [1.29, 1.82) is 0 Å². The Kier molecular flexibility index (Phi) is 10.0. The van der Waals surface area contributed by atoms with Crippen molar-refractivity contribution in [2.45, 2.75) is 59.8 Å². The maximum atomic E-state index is 5.92. The number of aryl methyl sites for hydroxylation is 3. The van der Waals surface area contributed by atoms with Crippen LogP contribution in [0.25, 0.3) is 0 Å². The average Bonchev–Trinajstić information content (AvgIpc) is 2.60. The summed E-state index contributed by atoms with van der Waals surface area (Å²) in [6, 6.07) is 6.55. The highest BCUT2D eigenvalue weighted by Gasteiger charge is 2.04. The van der Waals surface area contributed by atoms with E-state index in [4.69, 9.17) is 4.74 Å². The quantitative estimate of drug-likeness (QED) is 0.560. The first-order chi connectivity index (χ1) is 12.1. The molecule has 1 aromatic heterocycles. The minimum Gasteiger partial charge on any atom is -0.491 e. The highest BCUT2D eigenvalue weighted by molar-refractivity contribution is 5.85. The molecule has 0 atom stereocenters. The van der Waals surface area contributed by atoms with E-state index < -0.39 is 0 Å². The highest BCUT2D eigenvalue weighted by atomic mass is 35.5. The molecule has 1 N–H and O–H groups in total. The zero-order valence-electron chi connectivity index (χ0n) is 16.5. The summed E-state index contributed by atoms with van der Waals surface area (Å²) in [5.41, 5.74) is 4.71. The Morgan fingerprint density at radius 2 is 1.85 bits per heavy atom. The Balaban J connectivity index is 0.00000338. The number of aromatic nitrogens is 2. The third-order valence-corrected chi connectivity index (χ3v) is 4.55. The minimum absolute atomic E-state index is 0. The summed E-state index contributed by atoms with van der Waals surface area (Å²) in [4.78, 5) is 8.46. The molecule has 0 saturated heterocycles. The molecule has 0 aliphatic rings. The summed E-state index contributed by atoms with van der Waals surface area (Å²) in [7, 11) is 0. The number of nitrogens with zero attached hydrogens (tertiary/aromatic N) is 2. The number of anilines is 1. The highest BCUT2D eigenvalue weighted by Crippen LogP contribution is 2.20. The predicted octanol–water partition coefficient (Wildman–Crippen LogP) is 5.44. The average molecular weight is 378 g/mol. The fourth-order valence-electron chi connectivity index (χ4n) is 2.83. The molecule has 1 aromatic carbocycles. The van der Waals surface area contributed by atoms with Crippen LogP contribution in [0, 0.1) is 20.8 Å². The minimum atomic E-state index is 0. The van der Waals surface area contributed by atoms with E-state index in [1.165, 1.54) is 36.8 Å². The van der Waals surface area contributed by atoms with Gasteiger partial charge in [0.25, 0.3) is 0 Å². The molecular weight excluding hydrogens is 346 g/mol. The first kappa shape index (κ1) is 22.2. The van der Waals surface area contributed by atoms with Crippen LogP contribution in [0.15, 0.2) is 24.5 Å². The number of ether oxygens (including phenoxy) is 1. The monoisotopic (exact) mass is 377 g/mol. The van der Waals surface area contributed by atoms with Gasteiger partial charge < -0.3 is 10.1 Å². The first-order valence-corrected chi connectivity index (χ1v) is 9.36. The van der Waals surface area contributed by atoms with Crippen LogP contribution in [-0.4, -0.2) is 23.1 Å². The molecule has 0 aliphatic heterocycles. The van der Waals surface area contributed by atoms with Gasteiger partial charge in [-0.25, -0.2) is 9.97 Å². The van der Waals surface area contributed by atoms with Crippen LogP contribution < -0.4 is 10.1 Å². The number of halogens is 1. The number of rotatable bonds is 10. The summed E-state index contributed by atoms with van der Waals surface area (Å²) in [6.07, 6.45) is 7.97. The van der Waals surface area contributed by atoms with E-state index in [1.54, 1.807) is 6.33 Å². The first-order valence-electron chi connectivity index (χ1n) is 9.36. The molecule has 0 bridgehead atoms. The predicted molar refractivity (Wildman–Crippen MR) is 112 cm³/mol. The van der Waals surface area contributed by atoms with Crippen molar-refractivity contribution >= 4 is 18.2 Å². The summed E-state index contributed by atoms with van der Waals surface area (Å²) >= 11 is 0. The van der Waals surface area contributed by atoms with Crippen LogP contribution in [0.4, 0.5) is 5.82 Å². The van der Waals surface area contributed by atoms with Gasteiger partial charge >= 0.3 is 0 Å². The van der Waals surface area contributed by atoms with Crippen molar-refractivity contribution in [3.05, 3.63) is 46.9 Å². The summed E-state index contributed by atoms with van der Waals surface area (Å²) in [6.45, 7) is 9.72. The van der Waals surface area contributed by atoms with E-state index in [-0.39, 0.29) is 12.4 Å². The van der Waals surface area contributed by atoms with Gasteiger partial charge in [0.1, 0.15) is 24.5 Å². The van der Waals surface area contributed by atoms with Crippen molar-refractivity contribution in [3.63, 3.8) is 0 Å². The molecule has 0 saturated carbocycles. The summed E-state index contributed by atoms with van der Waals surface area (Å²) in [5.74, 6) is 1.85. The number of unbranched alkanes of at least 4 members (excludes halogenated alkanes) is 3. The van der Waals surface area contributed by atoms with Crippen LogP contribution in [-0.2, 0) is 6.42 Å².